The van der Waals surface area contributed by atoms with Crippen molar-refractivity contribution in [3.05, 3.63) is 83.9 Å². The number of benzene rings is 3. The number of ether oxygens (including phenoxy) is 4. The van der Waals surface area contributed by atoms with E-state index >= 15 is 0 Å². The van der Waals surface area contributed by atoms with Crippen LogP contribution in [0, 0.1) is 11.6 Å². The molecule has 0 aliphatic carbocycles. The van der Waals surface area contributed by atoms with Gasteiger partial charge in [0.25, 0.3) is 5.91 Å². The van der Waals surface area contributed by atoms with Gasteiger partial charge in [-0.05, 0) is 30.3 Å². The van der Waals surface area contributed by atoms with E-state index in [9.17, 15) is 13.6 Å². The lowest BCUT2D eigenvalue weighted by Gasteiger charge is -2.38. The summed E-state index contributed by atoms with van der Waals surface area (Å²) in [6.45, 7) is 3.34. The van der Waals surface area contributed by atoms with Crippen molar-refractivity contribution in [2.45, 2.75) is 12.6 Å². The molecule has 0 radical (unpaired) electrons. The van der Waals surface area contributed by atoms with Crippen LogP contribution in [-0.4, -0.2) is 89.0 Å². The summed E-state index contributed by atoms with van der Waals surface area (Å²) in [5.41, 5.74) is 1.39. The Bertz CT molecular complexity index is 1290. The molecule has 3 aromatic rings. The van der Waals surface area contributed by atoms with E-state index in [1.165, 1.54) is 18.2 Å². The number of carbonyl (C=O) groups excluding carboxylic acids is 1. The largest absolute Gasteiger partial charge is 0.493 e. The van der Waals surface area contributed by atoms with E-state index in [-0.39, 0.29) is 24.0 Å². The Morgan fingerprint density at radius 2 is 1.68 bits per heavy atom. The molecule has 10 heteroatoms. The quantitative estimate of drug-likeness (QED) is 0.305. The lowest BCUT2D eigenvalue weighted by molar-refractivity contribution is -0.140. The minimum atomic E-state index is -0.926. The molecule has 1 aliphatic rings. The molecule has 1 saturated heterocycles. The van der Waals surface area contributed by atoms with Crippen LogP contribution in [0.4, 0.5) is 14.5 Å². The second kappa shape index (κ2) is 14.7. The molecule has 0 spiro atoms. The molecule has 0 saturated carbocycles. The van der Waals surface area contributed by atoms with Gasteiger partial charge in [0.1, 0.15) is 17.4 Å². The first-order valence-corrected chi connectivity index (χ1v) is 13.5. The summed E-state index contributed by atoms with van der Waals surface area (Å²) in [7, 11) is 4.78. The van der Waals surface area contributed by atoms with Crippen LogP contribution in [0.2, 0.25) is 0 Å². The van der Waals surface area contributed by atoms with E-state index < -0.39 is 11.9 Å². The molecule has 0 bridgehead atoms. The number of rotatable bonds is 13. The molecule has 220 valence electrons. The number of piperazine rings is 1. The van der Waals surface area contributed by atoms with E-state index in [2.05, 4.69) is 0 Å². The maximum absolute atomic E-state index is 14.4. The van der Waals surface area contributed by atoms with Crippen molar-refractivity contribution in [3.8, 4) is 17.2 Å². The van der Waals surface area contributed by atoms with Gasteiger partial charge < -0.3 is 28.7 Å². The van der Waals surface area contributed by atoms with E-state index in [1.807, 2.05) is 28.0 Å². The van der Waals surface area contributed by atoms with Gasteiger partial charge in [0.2, 0.25) is 0 Å². The van der Waals surface area contributed by atoms with Crippen LogP contribution < -0.4 is 19.1 Å². The summed E-state index contributed by atoms with van der Waals surface area (Å²) in [5.74, 6) is 0.510. The zero-order chi connectivity index (χ0) is 29.2. The fourth-order valence-electron chi connectivity index (χ4n) is 4.96. The predicted octanol–water partition coefficient (Wildman–Crippen LogP) is 4.23. The van der Waals surface area contributed by atoms with E-state index in [1.54, 1.807) is 56.6 Å². The van der Waals surface area contributed by atoms with Gasteiger partial charge in [0.15, 0.2) is 17.6 Å². The van der Waals surface area contributed by atoms with Crippen LogP contribution in [0.25, 0.3) is 0 Å². The zero-order valence-electron chi connectivity index (χ0n) is 23.7. The third kappa shape index (κ3) is 7.86. The maximum Gasteiger partial charge on any atom is 0.265 e. The first-order valence-electron chi connectivity index (χ1n) is 13.5. The van der Waals surface area contributed by atoms with Crippen LogP contribution >= 0.6 is 0 Å². The van der Waals surface area contributed by atoms with Crippen LogP contribution in [-0.2, 0) is 16.1 Å². The molecule has 1 heterocycles. The number of hydrogen-bond donors (Lipinski definition) is 0. The smallest absolute Gasteiger partial charge is 0.265 e. The number of carbonyl (C=O) groups is 1. The van der Waals surface area contributed by atoms with Gasteiger partial charge in [-0.1, -0.05) is 30.3 Å². The molecule has 41 heavy (non-hydrogen) atoms. The van der Waals surface area contributed by atoms with E-state index in [0.29, 0.717) is 63.1 Å². The summed E-state index contributed by atoms with van der Waals surface area (Å²) >= 11 is 0. The van der Waals surface area contributed by atoms with Crippen molar-refractivity contribution >= 4 is 11.6 Å². The number of nitrogens with zero attached hydrogens (tertiary/aromatic N) is 3. The Balaban J connectivity index is 1.54. The lowest BCUT2D eigenvalue weighted by Crippen LogP contribution is -2.55. The number of hydrogen-bond acceptors (Lipinski definition) is 7. The van der Waals surface area contributed by atoms with Crippen molar-refractivity contribution in [2.24, 2.45) is 0 Å². The topological polar surface area (TPSA) is 63.7 Å². The highest BCUT2D eigenvalue weighted by Crippen LogP contribution is 2.32. The molecule has 1 atom stereocenters. The highest BCUT2D eigenvalue weighted by atomic mass is 19.1. The van der Waals surface area contributed by atoms with Crippen molar-refractivity contribution in [3.63, 3.8) is 0 Å². The predicted molar refractivity (Wildman–Crippen MR) is 153 cm³/mol. The van der Waals surface area contributed by atoms with E-state index in [0.717, 1.165) is 5.56 Å². The van der Waals surface area contributed by atoms with Crippen molar-refractivity contribution in [1.82, 2.24) is 9.80 Å². The Kier molecular flexibility index (Phi) is 10.8. The van der Waals surface area contributed by atoms with Gasteiger partial charge in [0, 0.05) is 64.6 Å². The molecule has 1 aliphatic heterocycles. The second-order valence-corrected chi connectivity index (χ2v) is 9.71. The Labute approximate surface area is 240 Å². The van der Waals surface area contributed by atoms with E-state index in [4.69, 9.17) is 18.9 Å². The Hall–Kier alpha value is -3.89. The van der Waals surface area contributed by atoms with Crippen molar-refractivity contribution in [1.29, 1.82) is 0 Å². The van der Waals surface area contributed by atoms with Gasteiger partial charge in [-0.25, -0.2) is 8.78 Å². The van der Waals surface area contributed by atoms with Gasteiger partial charge in [-0.2, -0.15) is 0 Å². The van der Waals surface area contributed by atoms with Crippen molar-refractivity contribution < 1.29 is 32.5 Å². The SMILES string of the molecule is COCCN(Cc1cccc(OC)c1OC)C[C@H](Oc1cccc(F)c1)C(=O)N1CCN(c2ccccc2F)CC1. The summed E-state index contributed by atoms with van der Waals surface area (Å²) in [5, 5.41) is 0. The monoisotopic (exact) mass is 569 g/mol. The summed E-state index contributed by atoms with van der Waals surface area (Å²) in [6, 6.07) is 18.0. The second-order valence-electron chi connectivity index (χ2n) is 9.71. The molecule has 8 nitrogen and oxygen atoms in total. The fourth-order valence-corrected chi connectivity index (χ4v) is 4.96. The lowest BCUT2D eigenvalue weighted by atomic mass is 10.1. The molecule has 0 N–H and O–H groups in total. The maximum atomic E-state index is 14.4. The van der Waals surface area contributed by atoms with Gasteiger partial charge in [0.05, 0.1) is 26.5 Å². The van der Waals surface area contributed by atoms with Gasteiger partial charge in [-0.3, -0.25) is 9.69 Å². The first-order chi connectivity index (χ1) is 19.9. The molecule has 4 rings (SSSR count). The number of methoxy groups -OCH3 is 3. The molecule has 1 fully saturated rings. The third-order valence-electron chi connectivity index (χ3n) is 7.05. The molecule has 1 amide bonds. The molecular weight excluding hydrogens is 532 g/mol. The van der Waals surface area contributed by atoms with Crippen LogP contribution in [0.15, 0.2) is 66.7 Å². The summed E-state index contributed by atoms with van der Waals surface area (Å²) in [6.07, 6.45) is -0.926. The summed E-state index contributed by atoms with van der Waals surface area (Å²) < 4.78 is 50.9. The third-order valence-corrected chi connectivity index (χ3v) is 7.05. The normalized spacial score (nSPS) is 14.2. The number of para-hydroxylation sites is 2. The molecule has 3 aromatic carbocycles. The zero-order valence-corrected chi connectivity index (χ0v) is 23.7. The molecule has 0 unspecified atom stereocenters. The van der Waals surface area contributed by atoms with Crippen LogP contribution in [0.5, 0.6) is 17.2 Å². The number of halogens is 2. The Morgan fingerprint density at radius 1 is 0.927 bits per heavy atom. The van der Waals surface area contributed by atoms with Crippen LogP contribution in [0.3, 0.4) is 0 Å². The summed E-state index contributed by atoms with van der Waals surface area (Å²) in [4.78, 5) is 19.6. The molecule has 0 aromatic heterocycles. The van der Waals surface area contributed by atoms with Crippen molar-refractivity contribution in [2.75, 3.05) is 72.1 Å². The average molecular weight is 570 g/mol. The highest BCUT2D eigenvalue weighted by Gasteiger charge is 2.31. The molecular formula is C31H37F2N3O5. The minimum absolute atomic E-state index is 0.215. The average Bonchev–Trinajstić information content (AvgIpc) is 2.99. The van der Waals surface area contributed by atoms with Crippen LogP contribution in [0.1, 0.15) is 5.56 Å². The Morgan fingerprint density at radius 3 is 2.37 bits per heavy atom. The van der Waals surface area contributed by atoms with Gasteiger partial charge >= 0.3 is 0 Å². The first kappa shape index (κ1) is 30.1. The fraction of sp³-hybridized carbons (Fsp3) is 0.387. The highest BCUT2D eigenvalue weighted by molar-refractivity contribution is 5.82. The standard InChI is InChI=1S/C31H37F2N3O5/c1-38-19-18-34(21-23-8-6-13-28(39-2)30(23)40-3)22-29(41-25-10-7-9-24(32)20-25)31(37)36-16-14-35(15-17-36)27-12-5-4-11-26(27)33/h4-13,20,29H,14-19,21-22H2,1-3H3/t29-/m0/s1. The van der Waals surface area contributed by atoms with Gasteiger partial charge in [-0.15, -0.1) is 0 Å². The minimum Gasteiger partial charge on any atom is -0.493 e. The number of anilines is 1. The number of amides is 1.